The second-order valence-electron chi connectivity index (χ2n) is 5.53. The summed E-state index contributed by atoms with van der Waals surface area (Å²) in [7, 11) is 0. The average Bonchev–Trinajstić information content (AvgIpc) is 2.39. The molecule has 2 amide bonds. The first-order valence-electron chi connectivity index (χ1n) is 6.97. The van der Waals surface area contributed by atoms with Crippen molar-refractivity contribution < 1.29 is 4.79 Å². The van der Waals surface area contributed by atoms with E-state index in [-0.39, 0.29) is 12.1 Å². The van der Waals surface area contributed by atoms with Gasteiger partial charge in [0.25, 0.3) is 0 Å². The zero-order chi connectivity index (χ0) is 13.8. The van der Waals surface area contributed by atoms with Crippen LogP contribution in [0.2, 0.25) is 0 Å². The maximum atomic E-state index is 11.9. The molecule has 1 aliphatic heterocycles. The van der Waals surface area contributed by atoms with Crippen LogP contribution < -0.4 is 11.1 Å². The van der Waals surface area contributed by atoms with Crippen LogP contribution >= 0.6 is 0 Å². The Hall–Kier alpha value is -1.71. The molecule has 0 bridgehead atoms. The van der Waals surface area contributed by atoms with E-state index in [0.717, 1.165) is 31.6 Å². The summed E-state index contributed by atoms with van der Waals surface area (Å²) >= 11 is 0. The first-order valence-corrected chi connectivity index (χ1v) is 6.97. The summed E-state index contributed by atoms with van der Waals surface area (Å²) in [6, 6.07) is 8.36. The van der Waals surface area contributed by atoms with Gasteiger partial charge in [-0.2, -0.15) is 0 Å². The Labute approximate surface area is 115 Å². The molecule has 19 heavy (non-hydrogen) atoms. The predicted octanol–water partition coefficient (Wildman–Crippen LogP) is 2.57. The first-order chi connectivity index (χ1) is 9.06. The van der Waals surface area contributed by atoms with Crippen LogP contribution in [0.5, 0.6) is 0 Å². The molecular weight excluding hydrogens is 238 g/mol. The van der Waals surface area contributed by atoms with Gasteiger partial charge in [-0.25, -0.2) is 4.79 Å². The minimum atomic E-state index is 0.0609. The minimum absolute atomic E-state index is 0.0609. The Morgan fingerprint density at radius 1 is 1.26 bits per heavy atom. The predicted molar refractivity (Wildman–Crippen MR) is 78.1 cm³/mol. The number of urea groups is 1. The van der Waals surface area contributed by atoms with E-state index < -0.39 is 0 Å². The minimum Gasteiger partial charge on any atom is -0.399 e. The molecule has 1 aliphatic rings. The molecule has 3 N–H and O–H groups in total. The normalized spacial score (nSPS) is 16.7. The molecular formula is C15H23N3O. The van der Waals surface area contributed by atoms with Crippen LogP contribution in [0.25, 0.3) is 0 Å². The second kappa shape index (κ2) is 5.95. The van der Waals surface area contributed by atoms with Crippen molar-refractivity contribution in [3.63, 3.8) is 0 Å². The lowest BCUT2D eigenvalue weighted by molar-refractivity contribution is 0.179. The summed E-state index contributed by atoms with van der Waals surface area (Å²) in [6.07, 6.45) is 2.05. The number of piperidine rings is 1. The van der Waals surface area contributed by atoms with Gasteiger partial charge in [-0.3, -0.25) is 0 Å². The summed E-state index contributed by atoms with van der Waals surface area (Å²) in [5, 5.41) is 2.94. The van der Waals surface area contributed by atoms with Crippen molar-refractivity contribution in [2.45, 2.75) is 38.6 Å². The fourth-order valence-electron chi connectivity index (χ4n) is 2.52. The van der Waals surface area contributed by atoms with Crippen molar-refractivity contribution in [3.05, 3.63) is 29.8 Å². The van der Waals surface area contributed by atoms with E-state index in [2.05, 4.69) is 17.4 Å². The topological polar surface area (TPSA) is 58.4 Å². The van der Waals surface area contributed by atoms with E-state index >= 15 is 0 Å². The summed E-state index contributed by atoms with van der Waals surface area (Å²) < 4.78 is 0. The smallest absolute Gasteiger partial charge is 0.317 e. The van der Waals surface area contributed by atoms with Gasteiger partial charge >= 0.3 is 6.03 Å². The molecule has 0 aliphatic carbocycles. The van der Waals surface area contributed by atoms with Gasteiger partial charge in [0, 0.05) is 24.8 Å². The number of anilines is 1. The van der Waals surface area contributed by atoms with E-state index in [4.69, 9.17) is 5.73 Å². The van der Waals surface area contributed by atoms with Gasteiger partial charge in [0.1, 0.15) is 0 Å². The van der Waals surface area contributed by atoms with Gasteiger partial charge in [0.15, 0.2) is 0 Å². The Kier molecular flexibility index (Phi) is 4.30. The number of rotatable bonds is 2. The van der Waals surface area contributed by atoms with Crippen molar-refractivity contribution in [3.8, 4) is 0 Å². The molecule has 1 saturated heterocycles. The lowest BCUT2D eigenvalue weighted by Crippen LogP contribution is -2.46. The number of carbonyl (C=O) groups is 1. The zero-order valence-electron chi connectivity index (χ0n) is 11.7. The molecule has 0 unspecified atom stereocenters. The third kappa shape index (κ3) is 3.63. The number of nitrogens with zero attached hydrogens (tertiary/aromatic N) is 1. The van der Waals surface area contributed by atoms with Crippen molar-refractivity contribution in [2.75, 3.05) is 18.8 Å². The molecule has 4 heteroatoms. The third-order valence-corrected chi connectivity index (χ3v) is 3.60. The molecule has 0 radical (unpaired) electrons. The third-order valence-electron chi connectivity index (χ3n) is 3.60. The fourth-order valence-corrected chi connectivity index (χ4v) is 2.52. The number of amides is 2. The lowest BCUT2D eigenvalue weighted by atomic mass is 9.89. The zero-order valence-corrected chi connectivity index (χ0v) is 11.7. The molecule has 0 atom stereocenters. The Balaban J connectivity index is 1.88. The number of likely N-dealkylation sites (tertiary alicyclic amines) is 1. The van der Waals surface area contributed by atoms with Crippen LogP contribution in [-0.4, -0.2) is 30.1 Å². The van der Waals surface area contributed by atoms with Crippen molar-refractivity contribution in [1.82, 2.24) is 10.2 Å². The van der Waals surface area contributed by atoms with Gasteiger partial charge in [-0.15, -0.1) is 0 Å². The summed E-state index contributed by atoms with van der Waals surface area (Å²) in [5.41, 5.74) is 7.84. The monoisotopic (exact) mass is 261 g/mol. The van der Waals surface area contributed by atoms with E-state index in [1.54, 1.807) is 0 Å². The molecule has 1 aromatic rings. The van der Waals surface area contributed by atoms with Crippen LogP contribution in [0.3, 0.4) is 0 Å². The summed E-state index contributed by atoms with van der Waals surface area (Å²) in [4.78, 5) is 13.8. The van der Waals surface area contributed by atoms with Crippen LogP contribution in [-0.2, 0) is 0 Å². The number of carbonyl (C=O) groups excluding carboxylic acids is 1. The number of nitrogens with one attached hydrogen (secondary N) is 1. The lowest BCUT2D eigenvalue weighted by Gasteiger charge is -2.32. The van der Waals surface area contributed by atoms with E-state index in [1.807, 2.05) is 30.9 Å². The maximum Gasteiger partial charge on any atom is 0.317 e. The number of nitrogen functional groups attached to an aromatic ring is 1. The number of benzene rings is 1. The molecule has 0 aromatic heterocycles. The Bertz CT molecular complexity index is 420. The summed E-state index contributed by atoms with van der Waals surface area (Å²) in [6.45, 7) is 5.62. The Morgan fingerprint density at radius 2 is 1.84 bits per heavy atom. The maximum absolute atomic E-state index is 11.9. The highest BCUT2D eigenvalue weighted by Crippen LogP contribution is 2.28. The van der Waals surface area contributed by atoms with Gasteiger partial charge in [-0.1, -0.05) is 12.1 Å². The average molecular weight is 261 g/mol. The fraction of sp³-hybridized carbons (Fsp3) is 0.533. The van der Waals surface area contributed by atoms with Crippen LogP contribution in [0.1, 0.15) is 38.2 Å². The highest BCUT2D eigenvalue weighted by atomic mass is 16.2. The van der Waals surface area contributed by atoms with Crippen molar-refractivity contribution in [2.24, 2.45) is 0 Å². The van der Waals surface area contributed by atoms with Crippen LogP contribution in [0.4, 0.5) is 10.5 Å². The molecule has 2 rings (SSSR count). The van der Waals surface area contributed by atoms with Gasteiger partial charge in [-0.05, 0) is 50.3 Å². The van der Waals surface area contributed by atoms with Crippen molar-refractivity contribution >= 4 is 11.7 Å². The van der Waals surface area contributed by atoms with Gasteiger partial charge < -0.3 is 16.0 Å². The van der Waals surface area contributed by atoms with Gasteiger partial charge in [0.05, 0.1) is 0 Å². The molecule has 1 fully saturated rings. The highest BCUT2D eigenvalue weighted by molar-refractivity contribution is 5.74. The molecule has 0 saturated carbocycles. The van der Waals surface area contributed by atoms with E-state index in [9.17, 15) is 4.79 Å². The SMILES string of the molecule is CC(C)NC(=O)N1CCC(c2ccc(N)cc2)CC1. The first kappa shape index (κ1) is 13.7. The second-order valence-corrected chi connectivity index (χ2v) is 5.53. The summed E-state index contributed by atoms with van der Waals surface area (Å²) in [5.74, 6) is 0.545. The highest BCUT2D eigenvalue weighted by Gasteiger charge is 2.23. The number of nitrogens with two attached hydrogens (primary N) is 1. The number of hydrogen-bond donors (Lipinski definition) is 2. The van der Waals surface area contributed by atoms with E-state index in [0.29, 0.717) is 5.92 Å². The van der Waals surface area contributed by atoms with Crippen LogP contribution in [0, 0.1) is 0 Å². The molecule has 0 spiro atoms. The Morgan fingerprint density at radius 3 is 2.37 bits per heavy atom. The quantitative estimate of drug-likeness (QED) is 0.804. The van der Waals surface area contributed by atoms with Crippen LogP contribution in [0.15, 0.2) is 24.3 Å². The molecule has 4 nitrogen and oxygen atoms in total. The molecule has 104 valence electrons. The molecule has 1 heterocycles. The molecule has 1 aromatic carbocycles. The standard InChI is InChI=1S/C15H23N3O/c1-11(2)17-15(19)18-9-7-13(8-10-18)12-3-5-14(16)6-4-12/h3-6,11,13H,7-10,16H2,1-2H3,(H,17,19). The van der Waals surface area contributed by atoms with Crippen molar-refractivity contribution in [1.29, 1.82) is 0 Å². The van der Waals surface area contributed by atoms with E-state index in [1.165, 1.54) is 5.56 Å². The van der Waals surface area contributed by atoms with Gasteiger partial charge in [0.2, 0.25) is 0 Å². The number of hydrogen-bond acceptors (Lipinski definition) is 2. The largest absolute Gasteiger partial charge is 0.399 e.